The molecule has 0 saturated carbocycles. The van der Waals surface area contributed by atoms with Crippen LogP contribution in [0.4, 0.5) is 53.2 Å². The predicted molar refractivity (Wildman–Crippen MR) is 352 cm³/mol. The third-order valence-electron chi connectivity index (χ3n) is 15.9. The number of benzene rings is 4. The molecule has 2 aliphatic rings. The standard InChI is InChI=1S/C32H34N8O2.C17H26N4O2.C16H9F3N4O3S/c1-5-31(41)35-26-17-27(30(42-4)18-29(26)39-14-12-23(13-15-39)38(2)3)36-32-34-20-24-10-11-28(40(24)37-32)22-16-21-8-6-7-9-25(21)33-19-22;1-5-17(22)19-14-10-13(18)16(23-4)11-15(14)21-8-6-12(7-9-21)20(2)3;17-16(18,19)27(24,25)26-15-21-9-12-5-6-14(23(12)22-15)11-7-10-3-1-2-4-13(10)20-8-11/h5-11,16-20,23H,1,12-15H2,2-4H3,(H,35,41)(H,36,37);5,10-12H,1,6-9,18H2,2-4H3,(H,19,22);1-9H. The Morgan fingerprint density at radius 1 is 0.609 bits per heavy atom. The molecule has 0 bridgehead atoms. The first-order chi connectivity index (χ1) is 44.1. The summed E-state index contributed by atoms with van der Waals surface area (Å²) >= 11 is 0. The fourth-order valence-corrected chi connectivity index (χ4v) is 11.3. The van der Waals surface area contributed by atoms with Crippen LogP contribution >= 0.6 is 0 Å². The molecule has 10 aromatic rings. The van der Waals surface area contributed by atoms with Crippen LogP contribution in [0.25, 0.3) is 55.4 Å². The van der Waals surface area contributed by atoms with Crippen molar-refractivity contribution in [3.05, 3.63) is 159 Å². The molecule has 27 heteroatoms. The first-order valence-electron chi connectivity index (χ1n) is 29.2. The highest BCUT2D eigenvalue weighted by molar-refractivity contribution is 7.87. The van der Waals surface area contributed by atoms with Gasteiger partial charge in [-0.15, -0.1) is 10.2 Å². The Kier molecular flexibility index (Phi) is 19.5. The van der Waals surface area contributed by atoms with Crippen molar-refractivity contribution in [3.63, 3.8) is 0 Å². The van der Waals surface area contributed by atoms with Crippen molar-refractivity contribution in [1.82, 2.24) is 49.0 Å². The Hall–Kier alpha value is -10.4. The quantitative estimate of drug-likeness (QED) is 0.0303. The van der Waals surface area contributed by atoms with E-state index in [0.717, 1.165) is 108 Å². The molecule has 6 aromatic heterocycles. The van der Waals surface area contributed by atoms with E-state index in [4.69, 9.17) is 20.3 Å². The summed E-state index contributed by atoms with van der Waals surface area (Å²) in [5.41, 5.74) is 10.7. The molecule has 0 radical (unpaired) electrons. The minimum Gasteiger partial charge on any atom is -0.495 e. The molecule has 0 aliphatic carbocycles. The zero-order valence-electron chi connectivity index (χ0n) is 51.4. The summed E-state index contributed by atoms with van der Waals surface area (Å²) in [5, 5.41) is 19.6. The number of amides is 2. The summed E-state index contributed by atoms with van der Waals surface area (Å²) in [7, 11) is 5.83. The van der Waals surface area contributed by atoms with Crippen molar-refractivity contribution < 1.29 is 44.8 Å². The molecular weight excluding hydrogens is 1210 g/mol. The summed E-state index contributed by atoms with van der Waals surface area (Å²) in [6, 6.07) is 34.3. The highest BCUT2D eigenvalue weighted by Gasteiger charge is 2.49. The van der Waals surface area contributed by atoms with Crippen LogP contribution in [0.15, 0.2) is 159 Å². The van der Waals surface area contributed by atoms with Crippen LogP contribution in [0.3, 0.4) is 0 Å². The molecule has 5 N–H and O–H groups in total. The zero-order valence-corrected chi connectivity index (χ0v) is 52.2. The Morgan fingerprint density at radius 3 is 1.55 bits per heavy atom. The number of hydrogen-bond donors (Lipinski definition) is 4. The highest BCUT2D eigenvalue weighted by atomic mass is 32.2. The maximum atomic E-state index is 12.5. The van der Waals surface area contributed by atoms with Crippen LogP contribution in [0, 0.1) is 0 Å². The van der Waals surface area contributed by atoms with Crippen LogP contribution < -0.4 is 45.1 Å². The maximum absolute atomic E-state index is 12.5. The minimum atomic E-state index is -5.86. The topological polar surface area (TPSA) is 257 Å². The van der Waals surface area contributed by atoms with Gasteiger partial charge >= 0.3 is 21.6 Å². The van der Waals surface area contributed by atoms with Gasteiger partial charge in [0.2, 0.25) is 17.8 Å². The van der Waals surface area contributed by atoms with Gasteiger partial charge in [0.25, 0.3) is 0 Å². The van der Waals surface area contributed by atoms with E-state index in [9.17, 15) is 31.2 Å². The highest BCUT2D eigenvalue weighted by Crippen LogP contribution is 2.41. The van der Waals surface area contributed by atoms with Crippen LogP contribution in [0.2, 0.25) is 0 Å². The monoisotopic (exact) mass is 1270 g/mol. The molecule has 0 unspecified atom stereocenters. The lowest BCUT2D eigenvalue weighted by atomic mass is 10.0. The molecular formula is C65H69F3N16O7S. The minimum absolute atomic E-state index is 0.251. The Bertz CT molecular complexity index is 4470. The Balaban J connectivity index is 0.000000161. The molecule has 2 aliphatic heterocycles. The van der Waals surface area contributed by atoms with Crippen molar-refractivity contribution in [2.24, 2.45) is 0 Å². The Labute approximate surface area is 529 Å². The van der Waals surface area contributed by atoms with E-state index >= 15 is 0 Å². The molecule has 92 heavy (non-hydrogen) atoms. The second kappa shape index (κ2) is 27.8. The van der Waals surface area contributed by atoms with Crippen molar-refractivity contribution in [2.45, 2.75) is 43.3 Å². The Morgan fingerprint density at radius 2 is 1.08 bits per heavy atom. The zero-order chi connectivity index (χ0) is 65.4. The molecule has 2 saturated heterocycles. The normalized spacial score (nSPS) is 13.9. The number of alkyl halides is 3. The number of aromatic nitrogens is 8. The number of ether oxygens (including phenoxy) is 2. The van der Waals surface area contributed by atoms with Crippen LogP contribution in [-0.4, -0.2) is 155 Å². The van der Waals surface area contributed by atoms with E-state index in [1.54, 1.807) is 44.8 Å². The first-order valence-corrected chi connectivity index (χ1v) is 30.6. The molecule has 12 rings (SSSR count). The van der Waals surface area contributed by atoms with Gasteiger partial charge in [0.1, 0.15) is 11.5 Å². The second-order valence-corrected chi connectivity index (χ2v) is 23.6. The number of para-hydroxylation sites is 2. The average Bonchev–Trinajstić information content (AvgIpc) is 1.55. The first kappa shape index (κ1) is 64.6. The van der Waals surface area contributed by atoms with E-state index in [-0.39, 0.29) is 11.8 Å². The number of nitrogen functional groups attached to an aromatic ring is 1. The number of carbonyl (C=O) groups is 2. The van der Waals surface area contributed by atoms with E-state index in [1.807, 2.05) is 95.6 Å². The molecule has 478 valence electrons. The van der Waals surface area contributed by atoms with Gasteiger partial charge in [-0.2, -0.15) is 26.6 Å². The fourth-order valence-electron chi connectivity index (χ4n) is 10.9. The smallest absolute Gasteiger partial charge is 0.495 e. The van der Waals surface area contributed by atoms with E-state index in [0.29, 0.717) is 69.1 Å². The fraction of sp³-hybridized carbons (Fsp3) is 0.262. The number of piperidine rings is 2. The molecule has 2 amide bonds. The summed E-state index contributed by atoms with van der Waals surface area (Å²) in [4.78, 5) is 50.2. The number of nitrogens with zero attached hydrogens (tertiary/aromatic N) is 12. The number of rotatable bonds is 16. The number of nitrogens with two attached hydrogens (primary N) is 1. The number of pyridine rings is 2. The van der Waals surface area contributed by atoms with Gasteiger partial charge < -0.3 is 54.9 Å². The summed E-state index contributed by atoms with van der Waals surface area (Å²) < 4.78 is 78.0. The molecule has 23 nitrogen and oxygen atoms in total. The predicted octanol–water partition coefficient (Wildman–Crippen LogP) is 10.5. The van der Waals surface area contributed by atoms with Gasteiger partial charge in [-0.3, -0.25) is 19.6 Å². The van der Waals surface area contributed by atoms with Gasteiger partial charge in [0.05, 0.1) is 94.2 Å². The van der Waals surface area contributed by atoms with Gasteiger partial charge in [0, 0.05) is 84.7 Å². The SMILES string of the molecule is C=CC(=O)Nc1cc(N)c(OC)cc1N1CCC(N(C)C)CC1.C=CC(=O)Nc1cc(Nc2ncc3ccc(-c4cnc5ccccc5c4)n3n2)c(OC)cc1N1CCC(N(C)C)CC1.O=S(=O)(Oc1ncc2ccc(-c3cnc4ccccc4c3)n2n1)C(F)(F)F. The third kappa shape index (κ3) is 14.6. The largest absolute Gasteiger partial charge is 0.534 e. The lowest BCUT2D eigenvalue weighted by Gasteiger charge is -2.37. The van der Waals surface area contributed by atoms with Gasteiger partial charge in [0.15, 0.2) is 0 Å². The molecule has 8 heterocycles. The number of nitrogens with one attached hydrogen (secondary N) is 3. The van der Waals surface area contributed by atoms with Gasteiger partial charge in [-0.05, 0) is 127 Å². The lowest BCUT2D eigenvalue weighted by molar-refractivity contribution is -0.112. The van der Waals surface area contributed by atoms with Crippen LogP contribution in [0.1, 0.15) is 25.7 Å². The number of halogens is 3. The van der Waals surface area contributed by atoms with Crippen LogP contribution in [-0.2, 0) is 19.7 Å². The van der Waals surface area contributed by atoms with E-state index in [2.05, 4.69) is 112 Å². The van der Waals surface area contributed by atoms with Crippen molar-refractivity contribution in [2.75, 3.05) is 100 Å². The number of fused-ring (bicyclic) bond motifs is 4. The summed E-state index contributed by atoms with van der Waals surface area (Å²) in [6.07, 6.45) is 13.1. The number of hydrogen-bond acceptors (Lipinski definition) is 19. The maximum Gasteiger partial charge on any atom is 0.534 e. The average molecular weight is 1280 g/mol. The van der Waals surface area contributed by atoms with Gasteiger partial charge in [-0.25, -0.2) is 14.0 Å². The molecule has 0 spiro atoms. The van der Waals surface area contributed by atoms with Gasteiger partial charge in [-0.1, -0.05) is 49.6 Å². The van der Waals surface area contributed by atoms with Crippen LogP contribution in [0.5, 0.6) is 17.5 Å². The number of anilines is 7. The summed E-state index contributed by atoms with van der Waals surface area (Å²) in [6.45, 7) is 10.7. The molecule has 2 fully saturated rings. The molecule has 4 aromatic carbocycles. The number of methoxy groups -OCH3 is 2. The molecule has 0 atom stereocenters. The van der Waals surface area contributed by atoms with Crippen molar-refractivity contribution in [1.29, 1.82) is 0 Å². The van der Waals surface area contributed by atoms with Crippen molar-refractivity contribution in [3.8, 4) is 40.0 Å². The third-order valence-corrected chi connectivity index (χ3v) is 16.8. The van der Waals surface area contributed by atoms with Crippen molar-refractivity contribution >= 4 is 94.8 Å². The summed E-state index contributed by atoms with van der Waals surface area (Å²) in [5.74, 6) is 1.08. The van der Waals surface area contributed by atoms with E-state index < -0.39 is 21.6 Å². The number of carbonyl (C=O) groups excluding carboxylic acids is 2. The second-order valence-electron chi connectivity index (χ2n) is 22.1. The van der Waals surface area contributed by atoms with E-state index in [1.165, 1.54) is 16.7 Å². The lowest BCUT2D eigenvalue weighted by Crippen LogP contribution is -2.42.